The minimum absolute atomic E-state index is 0.0296. The zero-order valence-corrected chi connectivity index (χ0v) is 13.0. The largest absolute Gasteiger partial charge is 0.349 e. The minimum atomic E-state index is -3.40. The Kier molecular flexibility index (Phi) is 3.51. The maximum absolute atomic E-state index is 12.7. The van der Waals surface area contributed by atoms with Gasteiger partial charge in [-0.05, 0) is 23.8 Å². The van der Waals surface area contributed by atoms with E-state index in [1.165, 1.54) is 0 Å². The number of halogens is 1. The summed E-state index contributed by atoms with van der Waals surface area (Å²) in [5.74, 6) is -0.0296. The Bertz CT molecular complexity index is 896. The van der Waals surface area contributed by atoms with Crippen molar-refractivity contribution in [1.29, 1.82) is 0 Å². The van der Waals surface area contributed by atoms with Crippen LogP contribution in [0.2, 0.25) is 5.02 Å². The molecule has 0 aliphatic carbocycles. The molecular formula is C16H14ClNO2S. The van der Waals surface area contributed by atoms with Crippen LogP contribution >= 0.6 is 11.6 Å². The lowest BCUT2D eigenvalue weighted by molar-refractivity contribution is 0.596. The van der Waals surface area contributed by atoms with Gasteiger partial charge in [0.15, 0.2) is 9.84 Å². The van der Waals surface area contributed by atoms with Crippen molar-refractivity contribution >= 4 is 32.3 Å². The zero-order chi connectivity index (χ0) is 15.0. The van der Waals surface area contributed by atoms with Gasteiger partial charge in [-0.2, -0.15) is 0 Å². The van der Waals surface area contributed by atoms with Crippen LogP contribution in [-0.2, 0) is 22.6 Å². The second-order valence-corrected chi connectivity index (χ2v) is 7.40. The second kappa shape index (κ2) is 5.20. The summed E-state index contributed by atoms with van der Waals surface area (Å²) in [5, 5.41) is 1.36. The third-order valence-corrected chi connectivity index (χ3v) is 5.43. The van der Waals surface area contributed by atoms with E-state index in [2.05, 4.69) is 0 Å². The molecule has 108 valence electrons. The molecule has 0 atom stereocenters. The molecule has 21 heavy (non-hydrogen) atoms. The molecule has 0 unspecified atom stereocenters. The van der Waals surface area contributed by atoms with Gasteiger partial charge in [0.25, 0.3) is 0 Å². The summed E-state index contributed by atoms with van der Waals surface area (Å²) in [6.07, 6.45) is 1.68. The number of aromatic nitrogens is 1. The van der Waals surface area contributed by atoms with Crippen LogP contribution in [0.15, 0.2) is 59.6 Å². The van der Waals surface area contributed by atoms with Crippen LogP contribution in [0.1, 0.15) is 5.56 Å². The monoisotopic (exact) mass is 319 g/mol. The molecule has 0 amide bonds. The van der Waals surface area contributed by atoms with E-state index in [0.717, 1.165) is 16.5 Å². The van der Waals surface area contributed by atoms with E-state index in [4.69, 9.17) is 11.6 Å². The Morgan fingerprint density at radius 1 is 1.05 bits per heavy atom. The van der Waals surface area contributed by atoms with Crippen LogP contribution in [0.25, 0.3) is 10.9 Å². The molecule has 0 bridgehead atoms. The highest BCUT2D eigenvalue weighted by Crippen LogP contribution is 2.27. The molecule has 0 fully saturated rings. The molecule has 0 aliphatic heterocycles. The summed E-state index contributed by atoms with van der Waals surface area (Å²) in [4.78, 5) is 0.371. The summed E-state index contributed by atoms with van der Waals surface area (Å²) < 4.78 is 27.2. The lowest BCUT2D eigenvalue weighted by Crippen LogP contribution is -2.04. The summed E-state index contributed by atoms with van der Waals surface area (Å²) in [5.41, 5.74) is 1.64. The first-order chi connectivity index (χ1) is 9.97. The molecule has 3 aromatic rings. The first-order valence-corrected chi connectivity index (χ1v) is 8.52. The van der Waals surface area contributed by atoms with Gasteiger partial charge >= 0.3 is 0 Å². The number of para-hydroxylation sites is 1. The van der Waals surface area contributed by atoms with E-state index < -0.39 is 9.84 Å². The van der Waals surface area contributed by atoms with Gasteiger partial charge in [-0.25, -0.2) is 8.42 Å². The van der Waals surface area contributed by atoms with Crippen LogP contribution in [-0.4, -0.2) is 13.0 Å². The minimum Gasteiger partial charge on any atom is -0.349 e. The molecule has 0 saturated carbocycles. The predicted octanol–water partition coefficient (Wildman–Crippen LogP) is 3.81. The quantitative estimate of drug-likeness (QED) is 0.736. The number of nitrogens with zero attached hydrogens (tertiary/aromatic N) is 1. The maximum Gasteiger partial charge on any atom is 0.184 e. The van der Waals surface area contributed by atoms with E-state index in [9.17, 15) is 8.42 Å². The Hall–Kier alpha value is -1.78. The fourth-order valence-electron chi connectivity index (χ4n) is 2.43. The van der Waals surface area contributed by atoms with E-state index in [-0.39, 0.29) is 5.75 Å². The molecule has 1 heterocycles. The number of sulfone groups is 1. The van der Waals surface area contributed by atoms with Crippen LogP contribution < -0.4 is 0 Å². The number of hydrogen-bond acceptors (Lipinski definition) is 2. The Labute approximate surface area is 128 Å². The number of rotatable bonds is 3. The summed E-state index contributed by atoms with van der Waals surface area (Å²) >= 11 is 5.83. The van der Waals surface area contributed by atoms with Crippen molar-refractivity contribution in [2.24, 2.45) is 7.05 Å². The first kappa shape index (κ1) is 14.2. The van der Waals surface area contributed by atoms with Gasteiger partial charge in [0.05, 0.1) is 10.6 Å². The number of aryl methyl sites for hydroxylation is 1. The van der Waals surface area contributed by atoms with Gasteiger partial charge < -0.3 is 4.57 Å². The lowest BCUT2D eigenvalue weighted by Gasteiger charge is -2.03. The number of hydrogen-bond donors (Lipinski definition) is 0. The van der Waals surface area contributed by atoms with Crippen LogP contribution in [0.5, 0.6) is 0 Å². The molecule has 2 aromatic carbocycles. The highest BCUT2D eigenvalue weighted by Gasteiger charge is 2.20. The Morgan fingerprint density at radius 2 is 1.71 bits per heavy atom. The van der Waals surface area contributed by atoms with Crippen LogP contribution in [0.4, 0.5) is 0 Å². The molecule has 0 spiro atoms. The van der Waals surface area contributed by atoms with E-state index >= 15 is 0 Å². The van der Waals surface area contributed by atoms with Crippen molar-refractivity contribution in [2.75, 3.05) is 0 Å². The zero-order valence-electron chi connectivity index (χ0n) is 11.5. The normalized spacial score (nSPS) is 11.9. The average Bonchev–Trinajstić information content (AvgIpc) is 2.80. The molecule has 3 nitrogen and oxygen atoms in total. The predicted molar refractivity (Wildman–Crippen MR) is 85.3 cm³/mol. The topological polar surface area (TPSA) is 39.1 Å². The SMILES string of the molecule is Cn1cc(S(=O)(=O)Cc2ccc(Cl)cc2)c2ccccc21. The highest BCUT2D eigenvalue weighted by molar-refractivity contribution is 7.90. The standard InChI is InChI=1S/C16H14ClNO2S/c1-18-10-16(14-4-2-3-5-15(14)18)21(19,20)11-12-6-8-13(17)9-7-12/h2-10H,11H2,1H3. The van der Waals surface area contributed by atoms with Gasteiger partial charge in [-0.1, -0.05) is 41.9 Å². The molecule has 1 aromatic heterocycles. The van der Waals surface area contributed by atoms with E-state index in [1.807, 2.05) is 35.9 Å². The molecule has 0 aliphatic rings. The highest BCUT2D eigenvalue weighted by atomic mass is 35.5. The van der Waals surface area contributed by atoms with E-state index in [0.29, 0.717) is 9.92 Å². The fourth-order valence-corrected chi connectivity index (χ4v) is 4.17. The Balaban J connectivity index is 2.06. The van der Waals surface area contributed by atoms with Crippen LogP contribution in [0, 0.1) is 0 Å². The van der Waals surface area contributed by atoms with Gasteiger partial charge in [0.1, 0.15) is 0 Å². The van der Waals surface area contributed by atoms with Crippen molar-refractivity contribution < 1.29 is 8.42 Å². The molecule has 0 N–H and O–H groups in total. The summed E-state index contributed by atoms with van der Waals surface area (Å²) in [7, 11) is -1.55. The van der Waals surface area contributed by atoms with Gasteiger partial charge in [-0.3, -0.25) is 0 Å². The molecule has 0 saturated heterocycles. The van der Waals surface area contributed by atoms with Crippen molar-refractivity contribution in [2.45, 2.75) is 10.6 Å². The number of fused-ring (bicyclic) bond motifs is 1. The third kappa shape index (κ3) is 2.69. The van der Waals surface area contributed by atoms with Gasteiger partial charge in [0, 0.05) is 29.2 Å². The van der Waals surface area contributed by atoms with Crippen LogP contribution in [0.3, 0.4) is 0 Å². The molecule has 0 radical (unpaired) electrons. The summed E-state index contributed by atoms with van der Waals surface area (Å²) in [6, 6.07) is 14.4. The lowest BCUT2D eigenvalue weighted by atomic mass is 10.2. The summed E-state index contributed by atoms with van der Waals surface area (Å²) in [6.45, 7) is 0. The first-order valence-electron chi connectivity index (χ1n) is 6.49. The van der Waals surface area contributed by atoms with Crippen molar-refractivity contribution in [3.8, 4) is 0 Å². The molecular weight excluding hydrogens is 306 g/mol. The number of benzene rings is 2. The van der Waals surface area contributed by atoms with Gasteiger partial charge in [0.2, 0.25) is 0 Å². The average molecular weight is 320 g/mol. The van der Waals surface area contributed by atoms with Crippen molar-refractivity contribution in [3.63, 3.8) is 0 Å². The third-order valence-electron chi connectivity index (χ3n) is 3.47. The Morgan fingerprint density at radius 3 is 2.43 bits per heavy atom. The van der Waals surface area contributed by atoms with Crippen molar-refractivity contribution in [3.05, 3.63) is 65.3 Å². The van der Waals surface area contributed by atoms with Gasteiger partial charge in [-0.15, -0.1) is 0 Å². The molecule has 3 rings (SSSR count). The van der Waals surface area contributed by atoms with E-state index in [1.54, 1.807) is 30.5 Å². The second-order valence-electron chi connectivity index (χ2n) is 5.01. The van der Waals surface area contributed by atoms with Crippen molar-refractivity contribution in [1.82, 2.24) is 4.57 Å². The molecule has 5 heteroatoms. The smallest absolute Gasteiger partial charge is 0.184 e. The maximum atomic E-state index is 12.7. The fraction of sp³-hybridized carbons (Fsp3) is 0.125.